The molecule has 12 heavy (non-hydrogen) atoms. The molecule has 0 rings (SSSR count). The fourth-order valence-corrected chi connectivity index (χ4v) is 0.168. The average molecular weight is 177 g/mol. The van der Waals surface area contributed by atoms with Crippen LogP contribution in [0.25, 0.3) is 0 Å². The molecule has 0 aromatic carbocycles. The van der Waals surface area contributed by atoms with Gasteiger partial charge in [0, 0.05) is 12.3 Å². The first kappa shape index (κ1) is 13.5. The highest BCUT2D eigenvalue weighted by atomic mass is 16.5. The molecule has 3 N–H and O–H groups in total. The molecule has 0 unspecified atom stereocenters. The van der Waals surface area contributed by atoms with Crippen molar-refractivity contribution in [2.75, 3.05) is 0 Å². The number of hydrogen-bond donors (Lipinski definition) is 3. The van der Waals surface area contributed by atoms with Crippen molar-refractivity contribution < 1.29 is 19.9 Å². The fraction of sp³-hybridized carbons (Fsp3) is 0.714. The number of carbonyl (C=O) groups is 2. The summed E-state index contributed by atoms with van der Waals surface area (Å²) >= 11 is 0. The van der Waals surface area contributed by atoms with Gasteiger partial charge in [-0.3, -0.25) is 14.8 Å². The van der Waals surface area contributed by atoms with Crippen LogP contribution < -0.4 is 5.48 Å². The third-order valence-corrected chi connectivity index (χ3v) is 0.783. The summed E-state index contributed by atoms with van der Waals surface area (Å²) in [5, 5.41) is 15.5. The second kappa shape index (κ2) is 5.54. The second-order valence-electron chi connectivity index (χ2n) is 3.21. The van der Waals surface area contributed by atoms with Crippen molar-refractivity contribution in [2.45, 2.75) is 27.7 Å². The summed E-state index contributed by atoms with van der Waals surface area (Å²) in [5.41, 5.74) is 1.07. The van der Waals surface area contributed by atoms with Crippen molar-refractivity contribution in [3.8, 4) is 0 Å². The fourth-order valence-electron chi connectivity index (χ4n) is 0.168. The van der Waals surface area contributed by atoms with Crippen LogP contribution in [-0.2, 0) is 9.59 Å². The number of carboxylic acids is 1. The molecular weight excluding hydrogens is 162 g/mol. The van der Waals surface area contributed by atoms with Crippen LogP contribution in [0.5, 0.6) is 0 Å². The van der Waals surface area contributed by atoms with Gasteiger partial charge in [0.1, 0.15) is 0 Å². The minimum atomic E-state index is -0.833. The smallest absolute Gasteiger partial charge is 0.300 e. The number of hydrogen-bond acceptors (Lipinski definition) is 3. The number of amides is 1. The quantitative estimate of drug-likeness (QED) is 0.374. The first-order valence-electron chi connectivity index (χ1n) is 3.36. The van der Waals surface area contributed by atoms with E-state index in [1.54, 1.807) is 26.3 Å². The zero-order valence-corrected chi connectivity index (χ0v) is 7.71. The van der Waals surface area contributed by atoms with E-state index in [0.29, 0.717) is 0 Å². The first-order chi connectivity index (χ1) is 5.21. The van der Waals surface area contributed by atoms with Crippen LogP contribution in [0, 0.1) is 5.41 Å². The minimum Gasteiger partial charge on any atom is -0.481 e. The summed E-state index contributed by atoms with van der Waals surface area (Å²) in [7, 11) is 0. The van der Waals surface area contributed by atoms with Gasteiger partial charge in [-0.2, -0.15) is 0 Å². The molecule has 72 valence electrons. The zero-order chi connectivity index (χ0) is 10.4. The lowest BCUT2D eigenvalue weighted by molar-refractivity contribution is -0.137. The molecular formula is C7H15NO4. The predicted octanol–water partition coefficient (Wildman–Crippen LogP) is 0.629. The lowest BCUT2D eigenvalue weighted by Crippen LogP contribution is -2.32. The molecule has 0 aromatic rings. The molecule has 0 bridgehead atoms. The van der Waals surface area contributed by atoms with Gasteiger partial charge < -0.3 is 5.11 Å². The van der Waals surface area contributed by atoms with Gasteiger partial charge in [-0.15, -0.1) is 0 Å². The van der Waals surface area contributed by atoms with Crippen LogP contribution >= 0.6 is 0 Å². The number of nitrogens with one attached hydrogen (secondary N) is 1. The van der Waals surface area contributed by atoms with E-state index in [9.17, 15) is 4.79 Å². The van der Waals surface area contributed by atoms with Crippen molar-refractivity contribution in [3.05, 3.63) is 0 Å². The van der Waals surface area contributed by atoms with Gasteiger partial charge in [-0.1, -0.05) is 20.8 Å². The van der Waals surface area contributed by atoms with Crippen LogP contribution in [0.15, 0.2) is 0 Å². The molecule has 0 radical (unpaired) electrons. The van der Waals surface area contributed by atoms with Gasteiger partial charge in [0.15, 0.2) is 0 Å². The Morgan fingerprint density at radius 1 is 1.25 bits per heavy atom. The minimum absolute atomic E-state index is 0.363. The van der Waals surface area contributed by atoms with Crippen LogP contribution in [-0.4, -0.2) is 22.2 Å². The Bertz CT molecular complexity index is 155. The highest BCUT2D eigenvalue weighted by Crippen LogP contribution is 2.11. The van der Waals surface area contributed by atoms with Crippen LogP contribution in [0.1, 0.15) is 27.7 Å². The first-order valence-corrected chi connectivity index (χ1v) is 3.36. The number of aliphatic carboxylic acids is 1. The maximum atomic E-state index is 10.5. The Balaban J connectivity index is 0. The van der Waals surface area contributed by atoms with E-state index in [0.717, 1.165) is 6.92 Å². The van der Waals surface area contributed by atoms with Crippen LogP contribution in [0.4, 0.5) is 0 Å². The Morgan fingerprint density at radius 3 is 1.50 bits per heavy atom. The largest absolute Gasteiger partial charge is 0.481 e. The third-order valence-electron chi connectivity index (χ3n) is 0.783. The number of carbonyl (C=O) groups excluding carboxylic acids is 1. The number of rotatable bonds is 0. The van der Waals surface area contributed by atoms with Gasteiger partial charge in [0.25, 0.3) is 5.97 Å². The normalized spacial score (nSPS) is 9.42. The van der Waals surface area contributed by atoms with E-state index >= 15 is 0 Å². The van der Waals surface area contributed by atoms with Crippen molar-refractivity contribution in [3.63, 3.8) is 0 Å². The summed E-state index contributed by atoms with van der Waals surface area (Å²) in [6.07, 6.45) is 0. The van der Waals surface area contributed by atoms with Crippen molar-refractivity contribution in [1.82, 2.24) is 5.48 Å². The summed E-state index contributed by atoms with van der Waals surface area (Å²) in [6, 6.07) is 0. The standard InChI is InChI=1S/C5H11NO2.C2H4O2/c1-5(2,3)4(7)6-8;1-2(3)4/h8H,1-3H3,(H,6,7);1H3,(H,3,4). The van der Waals surface area contributed by atoms with Gasteiger partial charge >= 0.3 is 0 Å². The molecule has 0 aromatic heterocycles. The maximum absolute atomic E-state index is 10.5. The SMILES string of the molecule is CC(=O)O.CC(C)(C)C(=O)NO. The molecule has 5 nitrogen and oxygen atoms in total. The molecule has 0 aliphatic carbocycles. The highest BCUT2D eigenvalue weighted by molar-refractivity contribution is 5.80. The summed E-state index contributed by atoms with van der Waals surface area (Å²) < 4.78 is 0. The molecule has 5 heteroatoms. The van der Waals surface area contributed by atoms with E-state index in [1.807, 2.05) is 0 Å². The Morgan fingerprint density at radius 2 is 1.50 bits per heavy atom. The Labute approximate surface area is 71.4 Å². The average Bonchev–Trinajstić information content (AvgIpc) is 1.82. The maximum Gasteiger partial charge on any atom is 0.300 e. The van der Waals surface area contributed by atoms with Crippen molar-refractivity contribution >= 4 is 11.9 Å². The number of hydroxylamine groups is 1. The van der Waals surface area contributed by atoms with E-state index in [1.165, 1.54) is 0 Å². The lowest BCUT2D eigenvalue weighted by atomic mass is 9.96. The van der Waals surface area contributed by atoms with E-state index in [-0.39, 0.29) is 5.91 Å². The molecule has 0 heterocycles. The molecule has 0 aliphatic heterocycles. The van der Waals surface area contributed by atoms with Gasteiger partial charge in [0.05, 0.1) is 0 Å². The monoisotopic (exact) mass is 177 g/mol. The Hall–Kier alpha value is -1.10. The highest BCUT2D eigenvalue weighted by Gasteiger charge is 2.19. The predicted molar refractivity (Wildman–Crippen MR) is 42.7 cm³/mol. The molecule has 0 atom stereocenters. The Kier molecular flexibility index (Phi) is 6.22. The molecule has 0 fully saturated rings. The molecule has 0 saturated heterocycles. The summed E-state index contributed by atoms with van der Waals surface area (Å²) in [5.74, 6) is -1.20. The molecule has 0 saturated carbocycles. The van der Waals surface area contributed by atoms with E-state index in [4.69, 9.17) is 15.1 Å². The molecule has 0 spiro atoms. The third kappa shape index (κ3) is 11.7. The van der Waals surface area contributed by atoms with Crippen LogP contribution in [0.3, 0.4) is 0 Å². The van der Waals surface area contributed by atoms with Gasteiger partial charge in [-0.05, 0) is 0 Å². The second-order valence-corrected chi connectivity index (χ2v) is 3.21. The van der Waals surface area contributed by atoms with Crippen LogP contribution in [0.2, 0.25) is 0 Å². The lowest BCUT2D eigenvalue weighted by Gasteiger charge is -2.13. The topological polar surface area (TPSA) is 86.6 Å². The summed E-state index contributed by atoms with van der Waals surface area (Å²) in [6.45, 7) is 6.25. The number of carboxylic acid groups (broad SMARTS) is 1. The van der Waals surface area contributed by atoms with Crippen molar-refractivity contribution in [1.29, 1.82) is 0 Å². The summed E-state index contributed by atoms with van der Waals surface area (Å²) in [4.78, 5) is 19.5. The molecule has 0 aliphatic rings. The van der Waals surface area contributed by atoms with Gasteiger partial charge in [-0.25, -0.2) is 5.48 Å². The zero-order valence-electron chi connectivity index (χ0n) is 7.71. The molecule has 1 amide bonds. The van der Waals surface area contributed by atoms with Gasteiger partial charge in [0.2, 0.25) is 5.91 Å². The van der Waals surface area contributed by atoms with E-state index < -0.39 is 11.4 Å². The van der Waals surface area contributed by atoms with Crippen molar-refractivity contribution in [2.24, 2.45) is 5.41 Å². The van der Waals surface area contributed by atoms with E-state index in [2.05, 4.69) is 0 Å².